The summed E-state index contributed by atoms with van der Waals surface area (Å²) in [7, 11) is -2.70. The van der Waals surface area contributed by atoms with Crippen molar-refractivity contribution in [2.75, 3.05) is 7.05 Å². The van der Waals surface area contributed by atoms with Crippen molar-refractivity contribution in [3.63, 3.8) is 0 Å². The average molecular weight is 189 g/mol. The first-order valence-electron chi connectivity index (χ1n) is 2.71. The van der Waals surface area contributed by atoms with E-state index in [4.69, 9.17) is 5.53 Å². The summed E-state index contributed by atoms with van der Waals surface area (Å²) >= 11 is 0. The fourth-order valence-electron chi connectivity index (χ4n) is 0.322. The van der Waals surface area contributed by atoms with Crippen molar-refractivity contribution in [1.29, 1.82) is 0 Å². The Morgan fingerprint density at radius 2 is 2.25 bits per heavy atom. The third kappa shape index (κ3) is 3.04. The second-order valence-electron chi connectivity index (χ2n) is 1.65. The van der Waals surface area contributed by atoms with Gasteiger partial charge in [0.2, 0.25) is 0 Å². The molecule has 0 saturated carbocycles. The number of azide groups is 1. The standard InChI is InChI=1S/C4H7N5O2S/c1-6-3-4-9(2)12(10,11)8-7-5/h3-4H,1H2,2H3/b4-3-. The molecule has 0 heterocycles. The van der Waals surface area contributed by atoms with Crippen LogP contribution in [0, 0.1) is 0 Å². The maximum Gasteiger partial charge on any atom is 0.323 e. The molecular weight excluding hydrogens is 182 g/mol. The fourth-order valence-corrected chi connectivity index (χ4v) is 0.737. The zero-order chi connectivity index (χ0) is 9.61. The van der Waals surface area contributed by atoms with Crippen LogP contribution in [-0.4, -0.2) is 26.5 Å². The molecule has 0 saturated heterocycles. The lowest BCUT2D eigenvalue weighted by atomic mass is 10.9. The minimum absolute atomic E-state index is 0.724. The van der Waals surface area contributed by atoms with Gasteiger partial charge in [-0.3, -0.25) is 9.30 Å². The largest absolute Gasteiger partial charge is 0.323 e. The molecule has 0 rings (SSSR count). The third-order valence-corrected chi connectivity index (χ3v) is 2.01. The number of hydrogen-bond donors (Lipinski definition) is 0. The molecule has 0 bridgehead atoms. The lowest BCUT2D eigenvalue weighted by Crippen LogP contribution is -2.17. The van der Waals surface area contributed by atoms with Gasteiger partial charge < -0.3 is 0 Å². The molecular formula is C4H7N5O2S. The van der Waals surface area contributed by atoms with Gasteiger partial charge in [-0.15, -0.1) is 0 Å². The zero-order valence-corrected chi connectivity index (χ0v) is 7.14. The Hall–Kier alpha value is -1.53. The molecule has 0 amide bonds. The van der Waals surface area contributed by atoms with Gasteiger partial charge in [0.1, 0.15) is 0 Å². The summed E-state index contributed by atoms with van der Waals surface area (Å²) < 4.78 is 25.0. The summed E-state index contributed by atoms with van der Waals surface area (Å²) in [6, 6.07) is 0. The summed E-state index contributed by atoms with van der Waals surface area (Å²) in [5, 5.41) is 0. The number of nitrogens with zero attached hydrogens (tertiary/aromatic N) is 5. The van der Waals surface area contributed by atoms with Gasteiger partial charge >= 0.3 is 10.2 Å². The fraction of sp³-hybridized carbons (Fsp3) is 0.250. The van der Waals surface area contributed by atoms with Crippen LogP contribution in [0.25, 0.3) is 10.4 Å². The Kier molecular flexibility index (Phi) is 3.81. The molecule has 0 aliphatic carbocycles. The zero-order valence-electron chi connectivity index (χ0n) is 6.32. The predicted molar refractivity (Wildman–Crippen MR) is 44.5 cm³/mol. The van der Waals surface area contributed by atoms with Gasteiger partial charge in [0, 0.05) is 24.4 Å². The van der Waals surface area contributed by atoms with Crippen molar-refractivity contribution in [1.82, 2.24) is 4.31 Å². The van der Waals surface area contributed by atoms with E-state index in [2.05, 4.69) is 21.1 Å². The lowest BCUT2D eigenvalue weighted by Gasteiger charge is -2.07. The van der Waals surface area contributed by atoms with Crippen molar-refractivity contribution in [2.24, 2.45) is 9.51 Å². The van der Waals surface area contributed by atoms with Gasteiger partial charge in [-0.05, 0) is 12.2 Å². The molecule has 0 radical (unpaired) electrons. The Labute approximate surface area is 69.8 Å². The van der Waals surface area contributed by atoms with E-state index in [0.717, 1.165) is 16.7 Å². The highest BCUT2D eigenvalue weighted by Crippen LogP contribution is 1.99. The topological polar surface area (TPSA) is 98.5 Å². The highest BCUT2D eigenvalue weighted by Gasteiger charge is 2.10. The van der Waals surface area contributed by atoms with Crippen LogP contribution in [0.15, 0.2) is 21.9 Å². The molecule has 7 nitrogen and oxygen atoms in total. The van der Waals surface area contributed by atoms with Crippen LogP contribution in [-0.2, 0) is 10.2 Å². The minimum Gasteiger partial charge on any atom is -0.272 e. The van der Waals surface area contributed by atoms with Crippen molar-refractivity contribution < 1.29 is 8.42 Å². The highest BCUT2D eigenvalue weighted by molar-refractivity contribution is 7.87. The van der Waals surface area contributed by atoms with Crippen molar-refractivity contribution in [3.8, 4) is 0 Å². The normalized spacial score (nSPS) is 10.8. The molecule has 0 unspecified atom stereocenters. The maximum atomic E-state index is 10.8. The van der Waals surface area contributed by atoms with Crippen LogP contribution in [0.3, 0.4) is 0 Å². The van der Waals surface area contributed by atoms with E-state index in [9.17, 15) is 8.42 Å². The van der Waals surface area contributed by atoms with Gasteiger partial charge in [0.15, 0.2) is 0 Å². The molecule has 0 spiro atoms. The summed E-state index contributed by atoms with van der Waals surface area (Å²) in [5.41, 5.74) is 7.87. The summed E-state index contributed by atoms with van der Waals surface area (Å²) in [6.45, 7) is 3.10. The number of hydrogen-bond acceptors (Lipinski definition) is 3. The van der Waals surface area contributed by atoms with Crippen LogP contribution in [0.1, 0.15) is 0 Å². The van der Waals surface area contributed by atoms with Gasteiger partial charge in [-0.1, -0.05) is 0 Å². The van der Waals surface area contributed by atoms with E-state index in [1.165, 1.54) is 7.05 Å². The monoisotopic (exact) mass is 189 g/mol. The van der Waals surface area contributed by atoms with Gasteiger partial charge in [-0.25, -0.2) is 0 Å². The molecule has 0 N–H and O–H groups in total. The molecule has 0 aromatic carbocycles. The smallest absolute Gasteiger partial charge is 0.272 e. The van der Waals surface area contributed by atoms with E-state index in [1.807, 2.05) is 0 Å². The third-order valence-electron chi connectivity index (χ3n) is 0.886. The van der Waals surface area contributed by atoms with Crippen molar-refractivity contribution in [2.45, 2.75) is 0 Å². The van der Waals surface area contributed by atoms with E-state index in [0.29, 0.717) is 0 Å². The van der Waals surface area contributed by atoms with E-state index >= 15 is 0 Å². The molecule has 66 valence electrons. The predicted octanol–water partition coefficient (Wildman–Crippen LogP) is 0.645. The minimum atomic E-state index is -3.92. The Balaban J connectivity index is 4.69. The van der Waals surface area contributed by atoms with Crippen molar-refractivity contribution in [3.05, 3.63) is 22.8 Å². The van der Waals surface area contributed by atoms with Crippen LogP contribution < -0.4 is 0 Å². The highest BCUT2D eigenvalue weighted by atomic mass is 32.2. The number of rotatable bonds is 4. The molecule has 0 aliphatic heterocycles. The Bertz CT molecular complexity index is 325. The van der Waals surface area contributed by atoms with E-state index in [-0.39, 0.29) is 0 Å². The molecule has 0 aromatic rings. The van der Waals surface area contributed by atoms with Gasteiger partial charge in [0.05, 0.1) is 4.52 Å². The summed E-state index contributed by atoms with van der Waals surface area (Å²) in [5.74, 6) is 0. The molecule has 0 aromatic heterocycles. The number of aliphatic imine (C=N–C) groups is 1. The summed E-state index contributed by atoms with van der Waals surface area (Å²) in [4.78, 5) is 5.43. The second kappa shape index (κ2) is 4.37. The van der Waals surface area contributed by atoms with Gasteiger partial charge in [-0.2, -0.15) is 8.42 Å². The lowest BCUT2D eigenvalue weighted by molar-refractivity contribution is 0.540. The SMILES string of the molecule is C=N/C=C\N(C)S(=O)(=O)N=[N+]=[N-]. The van der Waals surface area contributed by atoms with Crippen LogP contribution in [0.4, 0.5) is 0 Å². The van der Waals surface area contributed by atoms with Crippen LogP contribution >= 0.6 is 0 Å². The first-order chi connectivity index (χ1) is 5.54. The van der Waals surface area contributed by atoms with E-state index < -0.39 is 10.2 Å². The van der Waals surface area contributed by atoms with Crippen LogP contribution in [0.5, 0.6) is 0 Å². The first kappa shape index (κ1) is 10.5. The maximum absolute atomic E-state index is 10.8. The average Bonchev–Trinajstić information content (AvgIpc) is 2.00. The molecule has 12 heavy (non-hydrogen) atoms. The Morgan fingerprint density at radius 1 is 1.67 bits per heavy atom. The summed E-state index contributed by atoms with van der Waals surface area (Å²) in [6.07, 6.45) is 2.27. The first-order valence-corrected chi connectivity index (χ1v) is 4.11. The quantitative estimate of drug-likeness (QED) is 0.280. The van der Waals surface area contributed by atoms with Gasteiger partial charge in [0.25, 0.3) is 0 Å². The molecule has 0 fully saturated rings. The second-order valence-corrected chi connectivity index (χ2v) is 3.28. The van der Waals surface area contributed by atoms with E-state index in [1.54, 1.807) is 0 Å². The molecule has 8 heteroatoms. The Morgan fingerprint density at radius 3 is 2.67 bits per heavy atom. The van der Waals surface area contributed by atoms with Crippen LogP contribution in [0.2, 0.25) is 0 Å². The van der Waals surface area contributed by atoms with Crippen molar-refractivity contribution >= 4 is 16.9 Å². The molecule has 0 aliphatic rings. The molecule has 0 atom stereocenters.